The Morgan fingerprint density at radius 2 is 2.00 bits per heavy atom. The fraction of sp³-hybridized carbons (Fsp3) is 0.294. The fourth-order valence-electron chi connectivity index (χ4n) is 2.60. The Labute approximate surface area is 138 Å². The number of nitrogens with zero attached hydrogens (tertiary/aromatic N) is 3. The highest BCUT2D eigenvalue weighted by atomic mass is 16.2. The number of aromatic nitrogens is 4. The van der Waals surface area contributed by atoms with Crippen molar-refractivity contribution in [1.82, 2.24) is 20.0 Å². The SMILES string of the molecule is Cn1cc(C(=O)Nc2ccc3c(C(C)(C)C)cc(=O)[nH]c3c2)nn1. The number of nitrogens with one attached hydrogen (secondary N) is 2. The molecule has 0 atom stereocenters. The van der Waals surface area contributed by atoms with Crippen molar-refractivity contribution < 1.29 is 4.79 Å². The molecule has 0 radical (unpaired) electrons. The number of aromatic amines is 1. The molecule has 0 fully saturated rings. The molecule has 0 aliphatic carbocycles. The van der Waals surface area contributed by atoms with E-state index in [0.29, 0.717) is 11.2 Å². The van der Waals surface area contributed by atoms with Crippen molar-refractivity contribution >= 4 is 22.5 Å². The molecule has 2 heterocycles. The third-order valence-corrected chi connectivity index (χ3v) is 3.74. The van der Waals surface area contributed by atoms with Crippen LogP contribution in [0.1, 0.15) is 36.8 Å². The maximum absolute atomic E-state index is 12.2. The van der Waals surface area contributed by atoms with Gasteiger partial charge < -0.3 is 10.3 Å². The lowest BCUT2D eigenvalue weighted by Gasteiger charge is -2.21. The van der Waals surface area contributed by atoms with Gasteiger partial charge in [0, 0.05) is 24.2 Å². The van der Waals surface area contributed by atoms with Crippen molar-refractivity contribution in [2.45, 2.75) is 26.2 Å². The molecule has 2 N–H and O–H groups in total. The number of aryl methyl sites for hydroxylation is 1. The summed E-state index contributed by atoms with van der Waals surface area (Å²) in [4.78, 5) is 26.9. The van der Waals surface area contributed by atoms with Crippen LogP contribution in [-0.2, 0) is 12.5 Å². The summed E-state index contributed by atoms with van der Waals surface area (Å²) in [5.41, 5.74) is 2.15. The van der Waals surface area contributed by atoms with E-state index >= 15 is 0 Å². The van der Waals surface area contributed by atoms with Gasteiger partial charge in [0.05, 0.1) is 11.7 Å². The number of H-pyrrole nitrogens is 1. The van der Waals surface area contributed by atoms with Crippen LogP contribution in [0.2, 0.25) is 0 Å². The van der Waals surface area contributed by atoms with Crippen LogP contribution in [0.4, 0.5) is 5.69 Å². The van der Waals surface area contributed by atoms with Crippen LogP contribution in [0, 0.1) is 0 Å². The summed E-state index contributed by atoms with van der Waals surface area (Å²) >= 11 is 0. The molecule has 0 aliphatic heterocycles. The van der Waals surface area contributed by atoms with E-state index in [4.69, 9.17) is 0 Å². The number of pyridine rings is 1. The van der Waals surface area contributed by atoms with E-state index in [2.05, 4.69) is 41.4 Å². The number of fused-ring (bicyclic) bond motifs is 1. The quantitative estimate of drug-likeness (QED) is 0.755. The highest BCUT2D eigenvalue weighted by Gasteiger charge is 2.18. The highest BCUT2D eigenvalue weighted by Crippen LogP contribution is 2.29. The lowest BCUT2D eigenvalue weighted by atomic mass is 9.85. The maximum atomic E-state index is 12.2. The average Bonchev–Trinajstić information content (AvgIpc) is 2.92. The Balaban J connectivity index is 2.00. The molecule has 0 spiro atoms. The zero-order valence-electron chi connectivity index (χ0n) is 14.0. The molecule has 3 rings (SSSR count). The molecule has 2 aromatic heterocycles. The second-order valence-electron chi connectivity index (χ2n) is 6.79. The summed E-state index contributed by atoms with van der Waals surface area (Å²) in [6.07, 6.45) is 1.54. The second kappa shape index (κ2) is 5.59. The molecule has 124 valence electrons. The third kappa shape index (κ3) is 3.05. The van der Waals surface area contributed by atoms with Crippen LogP contribution in [0.5, 0.6) is 0 Å². The summed E-state index contributed by atoms with van der Waals surface area (Å²) in [6, 6.07) is 7.09. The third-order valence-electron chi connectivity index (χ3n) is 3.74. The van der Waals surface area contributed by atoms with Gasteiger partial charge in [-0.2, -0.15) is 0 Å². The first-order valence-corrected chi connectivity index (χ1v) is 7.59. The number of rotatable bonds is 2. The molecular formula is C17H19N5O2. The van der Waals surface area contributed by atoms with E-state index < -0.39 is 0 Å². The minimum atomic E-state index is -0.350. The monoisotopic (exact) mass is 325 g/mol. The summed E-state index contributed by atoms with van der Waals surface area (Å²) in [5, 5.41) is 11.2. The molecule has 0 unspecified atom stereocenters. The Morgan fingerprint density at radius 3 is 2.62 bits per heavy atom. The largest absolute Gasteiger partial charge is 0.322 e. The first kappa shape index (κ1) is 15.9. The van der Waals surface area contributed by atoms with Crippen LogP contribution in [0.3, 0.4) is 0 Å². The van der Waals surface area contributed by atoms with Gasteiger partial charge in [-0.15, -0.1) is 5.10 Å². The lowest BCUT2D eigenvalue weighted by Crippen LogP contribution is -2.17. The number of carbonyl (C=O) groups excluding carboxylic acids is 1. The van der Waals surface area contributed by atoms with Crippen LogP contribution in [0.25, 0.3) is 10.9 Å². The molecule has 24 heavy (non-hydrogen) atoms. The highest BCUT2D eigenvalue weighted by molar-refractivity contribution is 6.03. The summed E-state index contributed by atoms with van der Waals surface area (Å²) in [5.74, 6) is -0.350. The molecule has 7 nitrogen and oxygen atoms in total. The van der Waals surface area contributed by atoms with Crippen molar-refractivity contribution in [2.75, 3.05) is 5.32 Å². The lowest BCUT2D eigenvalue weighted by molar-refractivity contribution is 0.102. The van der Waals surface area contributed by atoms with Gasteiger partial charge in [0.15, 0.2) is 5.69 Å². The minimum absolute atomic E-state index is 0.156. The van der Waals surface area contributed by atoms with Gasteiger partial charge in [-0.25, -0.2) is 0 Å². The maximum Gasteiger partial charge on any atom is 0.277 e. The van der Waals surface area contributed by atoms with Gasteiger partial charge in [0.1, 0.15) is 0 Å². The number of carbonyl (C=O) groups is 1. The predicted octanol–water partition coefficient (Wildman–Crippen LogP) is 2.21. The predicted molar refractivity (Wildman–Crippen MR) is 92.2 cm³/mol. The van der Waals surface area contributed by atoms with Gasteiger partial charge in [-0.1, -0.05) is 32.1 Å². The minimum Gasteiger partial charge on any atom is -0.322 e. The van der Waals surface area contributed by atoms with Crippen LogP contribution >= 0.6 is 0 Å². The number of benzene rings is 1. The Morgan fingerprint density at radius 1 is 1.25 bits per heavy atom. The van der Waals surface area contributed by atoms with Gasteiger partial charge in [0.2, 0.25) is 5.56 Å². The molecule has 1 aromatic carbocycles. The zero-order valence-corrected chi connectivity index (χ0v) is 14.0. The van der Waals surface area contributed by atoms with E-state index in [1.807, 2.05) is 12.1 Å². The van der Waals surface area contributed by atoms with Gasteiger partial charge >= 0.3 is 0 Å². The van der Waals surface area contributed by atoms with E-state index in [1.165, 1.54) is 10.9 Å². The first-order chi connectivity index (χ1) is 11.2. The topological polar surface area (TPSA) is 92.7 Å². The van der Waals surface area contributed by atoms with Gasteiger partial charge in [0.25, 0.3) is 5.91 Å². The molecule has 0 bridgehead atoms. The molecule has 0 saturated heterocycles. The first-order valence-electron chi connectivity index (χ1n) is 7.59. The molecule has 3 aromatic rings. The number of amides is 1. The summed E-state index contributed by atoms with van der Waals surface area (Å²) < 4.78 is 1.46. The molecule has 7 heteroatoms. The number of hydrogen-bond acceptors (Lipinski definition) is 4. The Kier molecular flexibility index (Phi) is 3.71. The Hall–Kier alpha value is -2.96. The van der Waals surface area contributed by atoms with E-state index in [1.54, 1.807) is 19.2 Å². The average molecular weight is 325 g/mol. The fourth-order valence-corrected chi connectivity index (χ4v) is 2.60. The molecule has 0 saturated carbocycles. The normalized spacial score (nSPS) is 11.7. The van der Waals surface area contributed by atoms with Crippen molar-refractivity contribution in [3.05, 3.63) is 52.1 Å². The molecule has 1 amide bonds. The zero-order chi connectivity index (χ0) is 17.5. The van der Waals surface area contributed by atoms with E-state index in [0.717, 1.165) is 10.9 Å². The second-order valence-corrected chi connectivity index (χ2v) is 6.79. The van der Waals surface area contributed by atoms with Crippen LogP contribution in [0.15, 0.2) is 35.3 Å². The van der Waals surface area contributed by atoms with Crippen LogP contribution < -0.4 is 10.9 Å². The number of anilines is 1. The van der Waals surface area contributed by atoms with Crippen molar-refractivity contribution in [3.8, 4) is 0 Å². The Bertz CT molecular complexity index is 979. The summed E-state index contributed by atoms with van der Waals surface area (Å²) in [7, 11) is 1.69. The molecular weight excluding hydrogens is 306 g/mol. The summed E-state index contributed by atoms with van der Waals surface area (Å²) in [6.45, 7) is 6.18. The van der Waals surface area contributed by atoms with Gasteiger partial charge in [-0.05, 0) is 23.1 Å². The van der Waals surface area contributed by atoms with E-state index in [9.17, 15) is 9.59 Å². The standard InChI is InChI=1S/C17H19N5O2/c1-17(2,3)12-8-15(23)19-13-7-10(5-6-11(12)13)18-16(24)14-9-22(4)21-20-14/h5-9H,1-4H3,(H,18,24)(H,19,23). The van der Waals surface area contributed by atoms with Crippen molar-refractivity contribution in [2.24, 2.45) is 7.05 Å². The van der Waals surface area contributed by atoms with Gasteiger partial charge in [-0.3, -0.25) is 14.3 Å². The van der Waals surface area contributed by atoms with Crippen molar-refractivity contribution in [1.29, 1.82) is 0 Å². The smallest absolute Gasteiger partial charge is 0.277 e. The van der Waals surface area contributed by atoms with Crippen LogP contribution in [-0.4, -0.2) is 25.9 Å². The number of hydrogen-bond donors (Lipinski definition) is 2. The van der Waals surface area contributed by atoms with Crippen molar-refractivity contribution in [3.63, 3.8) is 0 Å². The van der Waals surface area contributed by atoms with E-state index in [-0.39, 0.29) is 22.6 Å². The molecule has 0 aliphatic rings.